The molecule has 0 heterocycles. The lowest BCUT2D eigenvalue weighted by Gasteiger charge is -1.69. The molecule has 0 aromatic rings. The average molecular weight is 123 g/mol. The van der Waals surface area contributed by atoms with Crippen molar-refractivity contribution in [2.45, 2.75) is 0 Å². The van der Waals surface area contributed by atoms with E-state index in [-0.39, 0.29) is 0 Å². The Labute approximate surface area is 45.4 Å². The molecule has 0 aliphatic heterocycles. The van der Waals surface area contributed by atoms with Crippen molar-refractivity contribution in [1.29, 1.82) is 0 Å². The number of nitrogens with two attached hydrogens (primary N) is 1. The first-order valence-electron chi connectivity index (χ1n) is 1.49. The van der Waals surface area contributed by atoms with E-state index in [9.17, 15) is 0 Å². The summed E-state index contributed by atoms with van der Waals surface area (Å²) < 4.78 is 0. The highest BCUT2D eigenvalue weighted by Crippen LogP contribution is 1.40. The Hall–Kier alpha value is -0.785. The summed E-state index contributed by atoms with van der Waals surface area (Å²) in [5.74, 6) is 0. The van der Waals surface area contributed by atoms with Crippen LogP contribution in [0.4, 0.5) is 4.79 Å². The van der Waals surface area contributed by atoms with E-state index in [1.165, 1.54) is 0 Å². The predicted molar refractivity (Wildman–Crippen MR) is 24.6 cm³/mol. The quantitative estimate of drug-likeness (QED) is 0.229. The van der Waals surface area contributed by atoms with Crippen molar-refractivity contribution in [3.8, 4) is 0 Å². The summed E-state index contributed by atoms with van der Waals surface area (Å²) in [5.41, 5.74) is 4.03. The van der Waals surface area contributed by atoms with Gasteiger partial charge in [0.2, 0.25) is 0 Å². The normalized spacial score (nSPS) is 6.38. The van der Waals surface area contributed by atoms with Gasteiger partial charge in [-0.1, -0.05) is 0 Å². The van der Waals surface area contributed by atoms with Gasteiger partial charge in [-0.25, -0.2) is 4.79 Å². The minimum absolute atomic E-state index is 1.33. The Morgan fingerprint density at radius 3 is 1.38 bits per heavy atom. The molecule has 6 nitrogen and oxygen atoms in total. The van der Waals surface area contributed by atoms with E-state index in [1.807, 2.05) is 0 Å². The molecule has 0 unspecified atom stereocenters. The molecule has 0 aromatic carbocycles. The molecule has 0 aromatic heterocycles. The highest BCUT2D eigenvalue weighted by atomic mass is 16.5. The standard InChI is InChI=1S/CH3NO2.BH3O3/c2*2-1(3)4/h2H2,(H,3,4);2-4H. The zero-order valence-corrected chi connectivity index (χ0v) is 3.85. The van der Waals surface area contributed by atoms with E-state index >= 15 is 0 Å². The molecule has 0 spiro atoms. The number of hydrogen-bond acceptors (Lipinski definition) is 4. The number of amides is 1. The van der Waals surface area contributed by atoms with Crippen molar-refractivity contribution >= 4 is 13.4 Å². The molecule has 0 saturated carbocycles. The summed E-state index contributed by atoms with van der Waals surface area (Å²) in [7, 11) is -2.17. The van der Waals surface area contributed by atoms with E-state index in [0.29, 0.717) is 0 Å². The van der Waals surface area contributed by atoms with Crippen molar-refractivity contribution in [2.75, 3.05) is 0 Å². The molecule has 0 aliphatic carbocycles. The van der Waals surface area contributed by atoms with Gasteiger partial charge in [0.1, 0.15) is 0 Å². The van der Waals surface area contributed by atoms with Crippen LogP contribution in [0.25, 0.3) is 0 Å². The minimum Gasteiger partial charge on any atom is -0.465 e. The Kier molecular flexibility index (Phi) is 7.96. The lowest BCUT2D eigenvalue weighted by atomic mass is 10.3. The Morgan fingerprint density at radius 2 is 1.38 bits per heavy atom. The first-order chi connectivity index (χ1) is 3.46. The molecule has 0 aliphatic rings. The van der Waals surface area contributed by atoms with E-state index in [4.69, 9.17) is 25.0 Å². The van der Waals surface area contributed by atoms with Crippen molar-refractivity contribution < 1.29 is 25.0 Å². The minimum atomic E-state index is -2.17. The lowest BCUT2D eigenvalue weighted by Crippen LogP contribution is -2.07. The van der Waals surface area contributed by atoms with E-state index in [0.717, 1.165) is 0 Å². The van der Waals surface area contributed by atoms with Gasteiger partial charge in [-0.3, -0.25) is 0 Å². The summed E-state index contributed by atoms with van der Waals surface area (Å²) in [5, 5.41) is 28.7. The lowest BCUT2D eigenvalue weighted by molar-refractivity contribution is 0.205. The molecule has 0 saturated heterocycles. The van der Waals surface area contributed by atoms with Crippen LogP contribution in [0, 0.1) is 0 Å². The second-order valence-electron chi connectivity index (χ2n) is 0.685. The molecule has 0 fully saturated rings. The second-order valence-corrected chi connectivity index (χ2v) is 0.685. The smallest absolute Gasteiger partial charge is 0.465 e. The van der Waals surface area contributed by atoms with Gasteiger partial charge in [-0.2, -0.15) is 0 Å². The summed E-state index contributed by atoms with van der Waals surface area (Å²) in [4.78, 5) is 8.78. The maximum absolute atomic E-state index is 8.78. The van der Waals surface area contributed by atoms with Gasteiger partial charge in [-0.15, -0.1) is 0 Å². The first kappa shape index (κ1) is 10.2. The van der Waals surface area contributed by atoms with Gasteiger partial charge in [0.25, 0.3) is 0 Å². The molecule has 0 radical (unpaired) electrons. The summed E-state index contributed by atoms with van der Waals surface area (Å²) in [6.07, 6.45) is -1.33. The highest BCUT2D eigenvalue weighted by Gasteiger charge is 1.92. The molecule has 1 amide bonds. The van der Waals surface area contributed by atoms with E-state index < -0.39 is 13.4 Å². The summed E-state index contributed by atoms with van der Waals surface area (Å²) in [6.45, 7) is 0. The maximum atomic E-state index is 8.78. The second kappa shape index (κ2) is 6.21. The fourth-order valence-corrected chi connectivity index (χ4v) is 0. The van der Waals surface area contributed by atoms with Crippen LogP contribution >= 0.6 is 0 Å². The van der Waals surface area contributed by atoms with Crippen LogP contribution in [0.2, 0.25) is 0 Å². The molecule has 0 atom stereocenters. The van der Waals surface area contributed by atoms with Crippen LogP contribution in [0.15, 0.2) is 0 Å². The number of carboxylic acid groups (broad SMARTS) is 1. The van der Waals surface area contributed by atoms with Crippen molar-refractivity contribution in [2.24, 2.45) is 5.73 Å². The fourth-order valence-electron chi connectivity index (χ4n) is 0. The molecule has 6 N–H and O–H groups in total. The molecule has 7 heteroatoms. The van der Waals surface area contributed by atoms with Crippen LogP contribution in [0.3, 0.4) is 0 Å². The van der Waals surface area contributed by atoms with Gasteiger partial charge >= 0.3 is 13.4 Å². The number of rotatable bonds is 0. The molecule has 48 valence electrons. The van der Waals surface area contributed by atoms with Gasteiger partial charge < -0.3 is 25.9 Å². The largest absolute Gasteiger partial charge is 0.631 e. The van der Waals surface area contributed by atoms with Crippen LogP contribution in [0.1, 0.15) is 0 Å². The third-order valence-corrected chi connectivity index (χ3v) is 0. The zero-order chi connectivity index (χ0) is 7.15. The molecular formula is CH6BNO5. The van der Waals surface area contributed by atoms with Crippen molar-refractivity contribution in [3.05, 3.63) is 0 Å². The number of primary amides is 1. The number of hydrogen-bond donors (Lipinski definition) is 5. The SMILES string of the molecule is NC(=O)O.OB(O)O. The summed E-state index contributed by atoms with van der Waals surface area (Å²) in [6, 6.07) is 0. The third kappa shape index (κ3) is 150. The summed E-state index contributed by atoms with van der Waals surface area (Å²) >= 11 is 0. The van der Waals surface area contributed by atoms with Crippen LogP contribution in [0.5, 0.6) is 0 Å². The number of carbonyl (C=O) groups is 1. The maximum Gasteiger partial charge on any atom is 0.631 e. The monoisotopic (exact) mass is 123 g/mol. The first-order valence-corrected chi connectivity index (χ1v) is 1.49. The van der Waals surface area contributed by atoms with Crippen LogP contribution in [-0.2, 0) is 0 Å². The fraction of sp³-hybridized carbons (Fsp3) is 0. The average Bonchev–Trinajstić information content (AvgIpc) is 1.25. The third-order valence-electron chi connectivity index (χ3n) is 0. The Balaban J connectivity index is 0. The van der Waals surface area contributed by atoms with Crippen molar-refractivity contribution in [3.63, 3.8) is 0 Å². The van der Waals surface area contributed by atoms with Crippen LogP contribution in [-0.4, -0.2) is 33.6 Å². The van der Waals surface area contributed by atoms with Gasteiger partial charge in [0.15, 0.2) is 0 Å². The molecular weight excluding hydrogens is 117 g/mol. The van der Waals surface area contributed by atoms with E-state index in [1.54, 1.807) is 0 Å². The Morgan fingerprint density at radius 1 is 1.38 bits per heavy atom. The molecule has 0 rings (SSSR count). The van der Waals surface area contributed by atoms with Gasteiger partial charge in [0.05, 0.1) is 0 Å². The van der Waals surface area contributed by atoms with Crippen LogP contribution < -0.4 is 5.73 Å². The van der Waals surface area contributed by atoms with Crippen molar-refractivity contribution in [1.82, 2.24) is 0 Å². The zero-order valence-electron chi connectivity index (χ0n) is 3.85. The molecule has 0 bridgehead atoms. The van der Waals surface area contributed by atoms with Gasteiger partial charge in [0, 0.05) is 0 Å². The topological polar surface area (TPSA) is 124 Å². The predicted octanol–water partition coefficient (Wildman–Crippen LogP) is -2.43. The highest BCUT2D eigenvalue weighted by molar-refractivity contribution is 6.30. The molecule has 8 heavy (non-hydrogen) atoms. The van der Waals surface area contributed by atoms with Gasteiger partial charge in [-0.05, 0) is 0 Å². The Bertz CT molecular complexity index is 56.7. The van der Waals surface area contributed by atoms with E-state index in [2.05, 4.69) is 5.73 Å².